The number of Topliss-reactive ketones (excluding diaryl/α,β-unsaturated/α-hetero) is 1. The van der Waals surface area contributed by atoms with Crippen molar-refractivity contribution in [2.45, 2.75) is 47.1 Å². The first-order chi connectivity index (χ1) is 17.0. The largest absolute Gasteiger partial charge is 0.384 e. The van der Waals surface area contributed by atoms with Crippen LogP contribution in [-0.2, 0) is 35.6 Å². The summed E-state index contributed by atoms with van der Waals surface area (Å²) < 4.78 is 53.7. The smallest absolute Gasteiger partial charge is 0.181 e. The van der Waals surface area contributed by atoms with E-state index in [1.165, 1.54) is 19.2 Å². The summed E-state index contributed by atoms with van der Waals surface area (Å²) in [4.78, 5) is 13.8. The Labute approximate surface area is 213 Å². The second-order valence-corrected chi connectivity index (χ2v) is 13.7. The predicted molar refractivity (Wildman–Crippen MR) is 140 cm³/mol. The zero-order valence-corrected chi connectivity index (χ0v) is 22.2. The topological polar surface area (TPSA) is 94.6 Å². The lowest BCUT2D eigenvalue weighted by Crippen LogP contribution is -2.20. The lowest BCUT2D eigenvalue weighted by Gasteiger charge is -2.17. The van der Waals surface area contributed by atoms with Crippen molar-refractivity contribution < 1.29 is 26.4 Å². The number of sulfone groups is 2. The molecule has 8 heteroatoms. The molecule has 3 aromatic rings. The van der Waals surface area contributed by atoms with E-state index in [9.17, 15) is 21.6 Å². The Kier molecular flexibility index (Phi) is 7.50. The summed E-state index contributed by atoms with van der Waals surface area (Å²) >= 11 is 0. The number of hydrogen-bond acceptors (Lipinski definition) is 6. The Morgan fingerprint density at radius 1 is 0.917 bits per heavy atom. The van der Waals surface area contributed by atoms with Gasteiger partial charge in [-0.3, -0.25) is 4.79 Å². The molecule has 36 heavy (non-hydrogen) atoms. The van der Waals surface area contributed by atoms with Crippen molar-refractivity contribution in [3.63, 3.8) is 0 Å². The van der Waals surface area contributed by atoms with Crippen LogP contribution in [0.4, 0.5) is 0 Å². The highest BCUT2D eigenvalue weighted by atomic mass is 32.2. The predicted octanol–water partition coefficient (Wildman–Crippen LogP) is 4.54. The molecule has 0 amide bonds. The number of hydrogen-bond donors (Lipinski definition) is 0. The van der Waals surface area contributed by atoms with Gasteiger partial charge < -0.3 is 4.74 Å². The molecule has 0 heterocycles. The average Bonchev–Trinajstić information content (AvgIpc) is 3.69. The summed E-state index contributed by atoms with van der Waals surface area (Å²) in [5, 5.41) is -0.235. The number of carbonyl (C=O) groups is 1. The van der Waals surface area contributed by atoms with Crippen molar-refractivity contribution >= 4 is 25.5 Å². The van der Waals surface area contributed by atoms with Gasteiger partial charge in [-0.05, 0) is 71.8 Å². The number of carbonyl (C=O) groups excluding carboxylic acids is 1. The Hall–Kier alpha value is -2.81. The summed E-state index contributed by atoms with van der Waals surface area (Å²) in [5.41, 5.74) is 4.46. The molecule has 0 radical (unpaired) electrons. The minimum absolute atomic E-state index is 0.0225. The first-order valence-electron chi connectivity index (χ1n) is 11.8. The maximum atomic E-state index is 13.2. The van der Waals surface area contributed by atoms with Crippen molar-refractivity contribution in [2.75, 3.05) is 20.0 Å². The van der Waals surface area contributed by atoms with Crippen LogP contribution in [0.15, 0.2) is 76.5 Å². The van der Waals surface area contributed by atoms with Gasteiger partial charge in [-0.25, -0.2) is 16.8 Å². The molecule has 0 saturated heterocycles. The molecule has 4 rings (SSSR count). The highest BCUT2D eigenvalue weighted by molar-refractivity contribution is 7.92. The highest BCUT2D eigenvalue weighted by Crippen LogP contribution is 2.34. The van der Waals surface area contributed by atoms with Gasteiger partial charge in [0, 0.05) is 19.8 Å². The van der Waals surface area contributed by atoms with E-state index in [0.29, 0.717) is 10.5 Å². The molecule has 0 spiro atoms. The van der Waals surface area contributed by atoms with Crippen LogP contribution >= 0.6 is 0 Å². The third kappa shape index (κ3) is 5.77. The van der Waals surface area contributed by atoms with Crippen LogP contribution in [0.3, 0.4) is 0 Å². The van der Waals surface area contributed by atoms with Crippen LogP contribution in [0.25, 0.3) is 11.1 Å². The lowest BCUT2D eigenvalue weighted by molar-refractivity contribution is -0.121. The summed E-state index contributed by atoms with van der Waals surface area (Å²) in [6.07, 6.45) is 2.83. The van der Waals surface area contributed by atoms with Crippen molar-refractivity contribution in [3.05, 3.63) is 83.4 Å². The summed E-state index contributed by atoms with van der Waals surface area (Å²) in [6.45, 7) is 2.17. The van der Waals surface area contributed by atoms with Crippen LogP contribution in [0.2, 0.25) is 0 Å². The molecule has 0 N–H and O–H groups in total. The highest BCUT2D eigenvalue weighted by Gasteiger charge is 2.36. The fourth-order valence-corrected chi connectivity index (χ4v) is 6.66. The summed E-state index contributed by atoms with van der Waals surface area (Å²) in [5.74, 6) is -0.532. The number of methoxy groups -OCH3 is 1. The molecule has 0 unspecified atom stereocenters. The zero-order valence-electron chi connectivity index (χ0n) is 20.6. The van der Waals surface area contributed by atoms with Crippen molar-refractivity contribution in [1.29, 1.82) is 0 Å². The van der Waals surface area contributed by atoms with Gasteiger partial charge in [-0.2, -0.15) is 0 Å². The number of ketones is 1. The van der Waals surface area contributed by atoms with Crippen LogP contribution < -0.4 is 0 Å². The molecule has 0 bridgehead atoms. The lowest BCUT2D eigenvalue weighted by atomic mass is 9.90. The molecule has 6 nitrogen and oxygen atoms in total. The van der Waals surface area contributed by atoms with E-state index in [-0.39, 0.29) is 29.0 Å². The normalized spacial score (nSPS) is 15.0. The van der Waals surface area contributed by atoms with E-state index in [0.717, 1.165) is 41.4 Å². The molecule has 1 atom stereocenters. The third-order valence-corrected chi connectivity index (χ3v) is 9.97. The SMILES string of the molecule is COC[C@@H](C(=O)Cc1ccc(-c2ccc(S(=O)(=O)C3CC3)cc2)c(C)c1)c1ccc(S(C)(=O)=O)cc1. The van der Waals surface area contributed by atoms with Gasteiger partial charge in [-0.1, -0.05) is 42.5 Å². The molecule has 1 fully saturated rings. The monoisotopic (exact) mass is 526 g/mol. The van der Waals surface area contributed by atoms with Gasteiger partial charge in [0.1, 0.15) is 5.78 Å². The van der Waals surface area contributed by atoms with Crippen LogP contribution in [0.1, 0.15) is 35.4 Å². The Balaban J connectivity index is 1.51. The Morgan fingerprint density at radius 3 is 2.06 bits per heavy atom. The second kappa shape index (κ2) is 10.3. The number of benzene rings is 3. The summed E-state index contributed by atoms with van der Waals surface area (Å²) in [7, 11) is -5.00. The van der Waals surface area contributed by atoms with E-state index >= 15 is 0 Å². The molecule has 1 aliphatic carbocycles. The Morgan fingerprint density at radius 2 is 1.53 bits per heavy atom. The molecular formula is C28H30O6S2. The van der Waals surface area contributed by atoms with Gasteiger partial charge in [0.25, 0.3) is 0 Å². The van der Waals surface area contributed by atoms with Crippen LogP contribution in [-0.4, -0.2) is 47.8 Å². The van der Waals surface area contributed by atoms with E-state index in [4.69, 9.17) is 4.74 Å². The molecule has 1 saturated carbocycles. The van der Waals surface area contributed by atoms with Crippen molar-refractivity contribution in [3.8, 4) is 11.1 Å². The van der Waals surface area contributed by atoms with E-state index in [1.807, 2.05) is 37.3 Å². The van der Waals surface area contributed by atoms with Gasteiger partial charge in [-0.15, -0.1) is 0 Å². The van der Waals surface area contributed by atoms with E-state index < -0.39 is 25.6 Å². The number of ether oxygens (including phenoxy) is 1. The minimum atomic E-state index is -3.32. The number of aryl methyl sites for hydroxylation is 1. The fourth-order valence-electron chi connectivity index (χ4n) is 4.37. The molecule has 0 aromatic heterocycles. The average molecular weight is 527 g/mol. The van der Waals surface area contributed by atoms with Crippen molar-refractivity contribution in [2.24, 2.45) is 0 Å². The van der Waals surface area contributed by atoms with Crippen molar-refractivity contribution in [1.82, 2.24) is 0 Å². The van der Waals surface area contributed by atoms with Gasteiger partial charge in [0.2, 0.25) is 0 Å². The van der Waals surface area contributed by atoms with Crippen LogP contribution in [0, 0.1) is 6.92 Å². The van der Waals surface area contributed by atoms with Gasteiger partial charge in [0.15, 0.2) is 19.7 Å². The van der Waals surface area contributed by atoms with E-state index in [1.54, 1.807) is 24.3 Å². The van der Waals surface area contributed by atoms with Crippen LogP contribution in [0.5, 0.6) is 0 Å². The molecule has 190 valence electrons. The minimum Gasteiger partial charge on any atom is -0.384 e. The maximum Gasteiger partial charge on any atom is 0.181 e. The van der Waals surface area contributed by atoms with E-state index in [2.05, 4.69) is 0 Å². The molecule has 0 aliphatic heterocycles. The molecule has 3 aromatic carbocycles. The maximum absolute atomic E-state index is 13.2. The van der Waals surface area contributed by atoms with Gasteiger partial charge >= 0.3 is 0 Å². The standard InChI is InChI=1S/C28H30O6S2/c1-19-16-20(4-15-26(19)21-7-11-24(12-8-21)36(32,33)25-13-14-25)17-28(29)27(18-34-2)22-5-9-23(10-6-22)35(3,30)31/h4-12,15-16,25,27H,13-14,17-18H2,1-3H3/t27-/m1/s1. The second-order valence-electron chi connectivity index (χ2n) is 9.41. The van der Waals surface area contributed by atoms with Gasteiger partial charge in [0.05, 0.1) is 27.6 Å². The zero-order chi connectivity index (χ0) is 26.1. The first-order valence-corrected chi connectivity index (χ1v) is 15.2. The fraction of sp³-hybridized carbons (Fsp3) is 0.321. The number of rotatable bonds is 10. The quantitative estimate of drug-likeness (QED) is 0.385. The summed E-state index contributed by atoms with van der Waals surface area (Å²) in [6, 6.07) is 19.2. The third-order valence-electron chi connectivity index (χ3n) is 6.56. The molecule has 1 aliphatic rings. The first kappa shape index (κ1) is 26.3. The molecular weight excluding hydrogens is 496 g/mol. The Bertz CT molecular complexity index is 1470.